The lowest BCUT2D eigenvalue weighted by molar-refractivity contribution is -0.159. The Bertz CT molecular complexity index is 1500. The predicted octanol–water partition coefficient (Wildman–Crippen LogP) is 3.90. The number of nitrogens with zero attached hydrogens (tertiary/aromatic N) is 2. The molecule has 1 saturated heterocycles. The first-order valence-electron chi connectivity index (χ1n) is 13.0. The lowest BCUT2D eigenvalue weighted by atomic mass is 9.85. The molecule has 0 radical (unpaired) electrons. The Morgan fingerprint density at radius 2 is 1.65 bits per heavy atom. The van der Waals surface area contributed by atoms with Gasteiger partial charge in [-0.2, -0.15) is 0 Å². The van der Waals surface area contributed by atoms with Gasteiger partial charge in [0.05, 0.1) is 31.9 Å². The number of piperazine rings is 1. The zero-order valence-electron chi connectivity index (χ0n) is 22.7. The number of carbonyl (C=O) groups is 4. The summed E-state index contributed by atoms with van der Waals surface area (Å²) in [5.74, 6) is -0.677. The second-order valence-corrected chi connectivity index (χ2v) is 9.88. The van der Waals surface area contributed by atoms with Crippen molar-refractivity contribution < 1.29 is 38.1 Å². The van der Waals surface area contributed by atoms with Crippen LogP contribution < -0.4 is 9.47 Å². The third kappa shape index (κ3) is 4.70. The lowest BCUT2D eigenvalue weighted by Gasteiger charge is -2.47. The van der Waals surface area contributed by atoms with Crippen LogP contribution >= 0.6 is 0 Å². The van der Waals surface area contributed by atoms with Gasteiger partial charge in [-0.05, 0) is 42.8 Å². The van der Waals surface area contributed by atoms with Crippen molar-refractivity contribution in [3.8, 4) is 11.5 Å². The number of benzene rings is 3. The number of rotatable bonds is 6. The van der Waals surface area contributed by atoms with E-state index in [0.717, 1.165) is 15.7 Å². The molecule has 3 amide bonds. The van der Waals surface area contributed by atoms with E-state index in [1.54, 1.807) is 38.1 Å². The number of carbonyl (C=O) groups excluding carboxylic acids is 4. The van der Waals surface area contributed by atoms with Crippen molar-refractivity contribution in [3.63, 3.8) is 0 Å². The molecule has 0 aliphatic carbocycles. The molecule has 0 unspecified atom stereocenters. The monoisotopic (exact) mass is 546 g/mol. The summed E-state index contributed by atoms with van der Waals surface area (Å²) < 4.78 is 22.3. The number of imide groups is 1. The molecular weight excluding hydrogens is 516 g/mol. The van der Waals surface area contributed by atoms with Gasteiger partial charge in [0.25, 0.3) is 5.91 Å². The van der Waals surface area contributed by atoms with Crippen molar-refractivity contribution in [3.05, 3.63) is 71.3 Å². The molecule has 2 aliphatic rings. The van der Waals surface area contributed by atoms with Crippen molar-refractivity contribution >= 4 is 34.6 Å². The minimum absolute atomic E-state index is 0.0828. The van der Waals surface area contributed by atoms with Gasteiger partial charge in [-0.25, -0.2) is 14.5 Å². The van der Waals surface area contributed by atoms with Crippen LogP contribution in [0.15, 0.2) is 54.6 Å². The van der Waals surface area contributed by atoms with Crippen LogP contribution in [0.4, 0.5) is 4.79 Å². The summed E-state index contributed by atoms with van der Waals surface area (Å²) in [6, 6.07) is 14.3. The zero-order valence-corrected chi connectivity index (χ0v) is 22.7. The van der Waals surface area contributed by atoms with Gasteiger partial charge in [-0.1, -0.05) is 36.4 Å². The summed E-state index contributed by atoms with van der Waals surface area (Å²) in [6.45, 7) is 2.59. The number of fused-ring (bicyclic) bond motifs is 3. The van der Waals surface area contributed by atoms with Crippen molar-refractivity contribution in [2.24, 2.45) is 0 Å². The van der Waals surface area contributed by atoms with Crippen molar-refractivity contribution in [2.45, 2.75) is 38.5 Å². The van der Waals surface area contributed by atoms with E-state index >= 15 is 0 Å². The number of amides is 3. The number of esters is 1. The maximum atomic E-state index is 13.6. The van der Waals surface area contributed by atoms with E-state index in [1.165, 1.54) is 19.1 Å². The maximum absolute atomic E-state index is 13.6. The summed E-state index contributed by atoms with van der Waals surface area (Å²) in [5.41, 5.74) is 1.60. The van der Waals surface area contributed by atoms with Crippen molar-refractivity contribution in [1.29, 1.82) is 0 Å². The van der Waals surface area contributed by atoms with E-state index in [-0.39, 0.29) is 13.0 Å². The second-order valence-electron chi connectivity index (χ2n) is 9.88. The average Bonchev–Trinajstić information content (AvgIpc) is 2.95. The van der Waals surface area contributed by atoms with Gasteiger partial charge in [-0.15, -0.1) is 0 Å². The first kappa shape index (κ1) is 27.0. The van der Waals surface area contributed by atoms with Crippen LogP contribution in [-0.4, -0.2) is 73.2 Å². The number of methoxy groups -OCH3 is 2. The topological polar surface area (TPSA) is 112 Å². The SMILES string of the molecule is COc1ccc(OC)c2c1C[C@H]1C(=O)N(C(=O)OC(C)C)CC(=O)N1[C@H]2COC(=O)c1cccc2ccccc12. The van der Waals surface area contributed by atoms with E-state index < -0.39 is 48.6 Å². The van der Waals surface area contributed by atoms with E-state index in [1.807, 2.05) is 30.3 Å². The Hall–Kier alpha value is -4.60. The number of ether oxygens (including phenoxy) is 4. The fourth-order valence-corrected chi connectivity index (χ4v) is 5.46. The molecule has 0 spiro atoms. The quantitative estimate of drug-likeness (QED) is 0.428. The molecule has 208 valence electrons. The molecular formula is C30H30N2O8. The van der Waals surface area contributed by atoms with Gasteiger partial charge in [-0.3, -0.25) is 9.59 Å². The van der Waals surface area contributed by atoms with Gasteiger partial charge in [0.1, 0.15) is 30.7 Å². The normalized spacial score (nSPS) is 18.3. The van der Waals surface area contributed by atoms with Gasteiger partial charge in [0.2, 0.25) is 5.91 Å². The van der Waals surface area contributed by atoms with E-state index in [9.17, 15) is 19.2 Å². The standard InChI is InChI=1S/C30H30N2O8/c1-17(2)40-30(36)31-15-26(33)32-22(28(31)34)14-21-24(37-3)12-13-25(38-4)27(21)23(32)16-39-29(35)20-11-7-9-18-8-5-6-10-19(18)20/h5-13,17,22-23H,14-16H2,1-4H3/t22-,23-/m0/s1. The van der Waals surface area contributed by atoms with Crippen LogP contribution in [-0.2, 0) is 25.5 Å². The number of hydrogen-bond acceptors (Lipinski definition) is 8. The van der Waals surface area contributed by atoms with E-state index in [0.29, 0.717) is 28.2 Å². The zero-order chi connectivity index (χ0) is 28.6. The molecule has 2 aliphatic heterocycles. The summed E-state index contributed by atoms with van der Waals surface area (Å²) in [5, 5.41) is 1.62. The summed E-state index contributed by atoms with van der Waals surface area (Å²) in [6.07, 6.45) is -1.26. The first-order valence-corrected chi connectivity index (χ1v) is 13.0. The van der Waals surface area contributed by atoms with Gasteiger partial charge < -0.3 is 23.8 Å². The molecule has 0 N–H and O–H groups in total. The highest BCUT2D eigenvalue weighted by molar-refractivity contribution is 6.05. The average molecular weight is 547 g/mol. The Labute approximate surface area is 231 Å². The molecule has 0 saturated carbocycles. The molecule has 3 aromatic rings. The molecule has 0 bridgehead atoms. The van der Waals surface area contributed by atoms with Crippen LogP contribution in [0.25, 0.3) is 10.8 Å². The van der Waals surface area contributed by atoms with Crippen molar-refractivity contribution in [2.75, 3.05) is 27.4 Å². The molecule has 1 fully saturated rings. The molecule has 3 aromatic carbocycles. The number of hydrogen-bond donors (Lipinski definition) is 0. The van der Waals surface area contributed by atoms with Crippen LogP contribution in [0.3, 0.4) is 0 Å². The van der Waals surface area contributed by atoms with Gasteiger partial charge >= 0.3 is 12.1 Å². The third-order valence-corrected chi connectivity index (χ3v) is 7.19. The molecule has 0 aromatic heterocycles. The largest absolute Gasteiger partial charge is 0.496 e. The Kier molecular flexibility index (Phi) is 7.34. The molecule has 2 heterocycles. The Balaban J connectivity index is 1.53. The smallest absolute Gasteiger partial charge is 0.417 e. The fraction of sp³-hybridized carbons (Fsp3) is 0.333. The summed E-state index contributed by atoms with van der Waals surface area (Å²) >= 11 is 0. The lowest BCUT2D eigenvalue weighted by Crippen LogP contribution is -2.64. The molecule has 10 nitrogen and oxygen atoms in total. The highest BCUT2D eigenvalue weighted by Crippen LogP contribution is 2.44. The minimum Gasteiger partial charge on any atom is -0.496 e. The maximum Gasteiger partial charge on any atom is 0.417 e. The predicted molar refractivity (Wildman–Crippen MR) is 144 cm³/mol. The molecule has 40 heavy (non-hydrogen) atoms. The highest BCUT2D eigenvalue weighted by Gasteiger charge is 2.50. The summed E-state index contributed by atoms with van der Waals surface area (Å²) in [7, 11) is 3.00. The Morgan fingerprint density at radius 1 is 0.950 bits per heavy atom. The molecule has 10 heteroatoms. The summed E-state index contributed by atoms with van der Waals surface area (Å²) in [4.78, 5) is 55.4. The second kappa shape index (κ2) is 10.9. The van der Waals surface area contributed by atoms with E-state index in [4.69, 9.17) is 18.9 Å². The van der Waals surface area contributed by atoms with Crippen LogP contribution in [0.2, 0.25) is 0 Å². The minimum atomic E-state index is -1.03. The van der Waals surface area contributed by atoms with Gasteiger partial charge in [0.15, 0.2) is 0 Å². The molecule has 2 atom stereocenters. The first-order chi connectivity index (χ1) is 19.2. The van der Waals surface area contributed by atoms with Crippen molar-refractivity contribution in [1.82, 2.24) is 9.80 Å². The van der Waals surface area contributed by atoms with Crippen LogP contribution in [0.5, 0.6) is 11.5 Å². The van der Waals surface area contributed by atoms with Gasteiger partial charge in [0, 0.05) is 17.5 Å². The van der Waals surface area contributed by atoms with E-state index in [2.05, 4.69) is 0 Å². The van der Waals surface area contributed by atoms with Crippen LogP contribution in [0, 0.1) is 0 Å². The highest BCUT2D eigenvalue weighted by atomic mass is 16.6. The van der Waals surface area contributed by atoms with Crippen LogP contribution in [0.1, 0.15) is 41.4 Å². The Morgan fingerprint density at radius 3 is 2.38 bits per heavy atom. The fourth-order valence-electron chi connectivity index (χ4n) is 5.46. The molecule has 5 rings (SSSR count). The third-order valence-electron chi connectivity index (χ3n) is 7.19.